The average molecular weight is 436 g/mol. The predicted octanol–water partition coefficient (Wildman–Crippen LogP) is 2.64. The molecule has 0 saturated carbocycles. The van der Waals surface area contributed by atoms with Crippen LogP contribution in [0, 0.1) is 11.8 Å². The third kappa shape index (κ3) is 3.02. The Morgan fingerprint density at radius 2 is 1.78 bits per heavy atom. The molecule has 2 bridgehead atoms. The molecule has 2 saturated heterocycles. The third-order valence-electron chi connectivity index (χ3n) is 6.45. The Bertz CT molecular complexity index is 1100. The zero-order valence-electron chi connectivity index (χ0n) is 18.0. The summed E-state index contributed by atoms with van der Waals surface area (Å²) in [6.07, 6.45) is 3.38. The SMILES string of the molecule is COc1ccc(N2C[C@]34C=C[C@H](O3)[C@@H](C(=O)Nc3ccc(OC)cc3OC)[C@H]4C2=O)cc1. The number of nitrogens with one attached hydrogen (secondary N) is 1. The van der Waals surface area contributed by atoms with Crippen LogP contribution in [0.4, 0.5) is 11.4 Å². The highest BCUT2D eigenvalue weighted by molar-refractivity contribution is 6.05. The van der Waals surface area contributed by atoms with Crippen molar-refractivity contribution in [3.8, 4) is 17.2 Å². The van der Waals surface area contributed by atoms with Crippen molar-refractivity contribution >= 4 is 23.2 Å². The van der Waals surface area contributed by atoms with Crippen molar-refractivity contribution in [1.82, 2.24) is 0 Å². The molecule has 5 rings (SSSR count). The Kier molecular flexibility index (Phi) is 4.82. The molecular weight excluding hydrogens is 412 g/mol. The quantitative estimate of drug-likeness (QED) is 0.701. The van der Waals surface area contributed by atoms with Crippen LogP contribution in [0.3, 0.4) is 0 Å². The largest absolute Gasteiger partial charge is 0.497 e. The second kappa shape index (κ2) is 7.56. The molecule has 32 heavy (non-hydrogen) atoms. The van der Waals surface area contributed by atoms with E-state index in [1.54, 1.807) is 37.3 Å². The van der Waals surface area contributed by atoms with Crippen LogP contribution >= 0.6 is 0 Å². The number of benzene rings is 2. The summed E-state index contributed by atoms with van der Waals surface area (Å²) < 4.78 is 22.0. The van der Waals surface area contributed by atoms with Crippen LogP contribution in [0.5, 0.6) is 17.2 Å². The zero-order chi connectivity index (χ0) is 22.5. The van der Waals surface area contributed by atoms with Crippen LogP contribution in [0.15, 0.2) is 54.6 Å². The van der Waals surface area contributed by atoms with Gasteiger partial charge in [-0.15, -0.1) is 0 Å². The molecule has 3 aliphatic heterocycles. The zero-order valence-corrected chi connectivity index (χ0v) is 18.0. The molecule has 8 heteroatoms. The summed E-state index contributed by atoms with van der Waals surface area (Å²) in [5.41, 5.74) is 0.459. The second-order valence-corrected chi connectivity index (χ2v) is 8.08. The first kappa shape index (κ1) is 20.4. The first-order valence-corrected chi connectivity index (χ1v) is 10.3. The normalized spacial score (nSPS) is 27.4. The molecule has 166 valence electrons. The van der Waals surface area contributed by atoms with Gasteiger partial charge in [0.25, 0.3) is 0 Å². The van der Waals surface area contributed by atoms with E-state index >= 15 is 0 Å². The predicted molar refractivity (Wildman–Crippen MR) is 117 cm³/mol. The van der Waals surface area contributed by atoms with Crippen LogP contribution in [0.1, 0.15) is 0 Å². The Morgan fingerprint density at radius 3 is 2.47 bits per heavy atom. The molecule has 3 heterocycles. The van der Waals surface area contributed by atoms with Crippen molar-refractivity contribution in [3.05, 3.63) is 54.6 Å². The summed E-state index contributed by atoms with van der Waals surface area (Å²) in [6.45, 7) is 0.367. The molecule has 0 unspecified atom stereocenters. The summed E-state index contributed by atoms with van der Waals surface area (Å²) in [7, 11) is 4.68. The van der Waals surface area contributed by atoms with E-state index in [0.717, 1.165) is 5.69 Å². The fraction of sp³-hybridized carbons (Fsp3) is 0.333. The highest BCUT2D eigenvalue weighted by Crippen LogP contribution is 2.53. The molecule has 2 aromatic carbocycles. The summed E-state index contributed by atoms with van der Waals surface area (Å²) in [5, 5.41) is 2.92. The molecule has 1 N–H and O–H groups in total. The lowest BCUT2D eigenvalue weighted by molar-refractivity contribution is -0.128. The molecule has 2 amide bonds. The van der Waals surface area contributed by atoms with Gasteiger partial charge in [0.1, 0.15) is 22.8 Å². The molecule has 0 aromatic heterocycles. The van der Waals surface area contributed by atoms with Gasteiger partial charge in [-0.1, -0.05) is 12.2 Å². The standard InChI is InChI=1S/C24H24N2O6/c1-29-15-6-4-14(5-7-15)26-13-24-11-10-18(32-24)20(21(24)23(26)28)22(27)25-17-9-8-16(30-2)12-19(17)31-3/h4-12,18,20-21H,13H2,1-3H3,(H,25,27)/t18-,20+,21-,24-/m0/s1. The Morgan fingerprint density at radius 1 is 1.06 bits per heavy atom. The van der Waals surface area contributed by atoms with E-state index in [0.29, 0.717) is 29.5 Å². The molecule has 3 aliphatic rings. The lowest BCUT2D eigenvalue weighted by atomic mass is 9.76. The van der Waals surface area contributed by atoms with E-state index in [9.17, 15) is 9.59 Å². The topological polar surface area (TPSA) is 86.3 Å². The number of ether oxygens (including phenoxy) is 4. The fourth-order valence-corrected chi connectivity index (χ4v) is 4.90. The second-order valence-electron chi connectivity index (χ2n) is 8.08. The van der Waals surface area contributed by atoms with Crippen LogP contribution in [0.2, 0.25) is 0 Å². The highest BCUT2D eigenvalue weighted by atomic mass is 16.5. The van der Waals surface area contributed by atoms with Crippen molar-refractivity contribution < 1.29 is 28.5 Å². The lowest BCUT2D eigenvalue weighted by Gasteiger charge is -2.24. The van der Waals surface area contributed by atoms with Gasteiger partial charge < -0.3 is 29.2 Å². The van der Waals surface area contributed by atoms with Gasteiger partial charge in [-0.2, -0.15) is 0 Å². The van der Waals surface area contributed by atoms with Crippen molar-refractivity contribution in [2.45, 2.75) is 11.7 Å². The molecule has 1 spiro atoms. The van der Waals surface area contributed by atoms with Gasteiger partial charge in [-0.3, -0.25) is 9.59 Å². The minimum atomic E-state index is -0.798. The molecule has 2 aromatic rings. The maximum absolute atomic E-state index is 13.5. The van der Waals surface area contributed by atoms with Crippen LogP contribution < -0.4 is 24.4 Å². The number of rotatable bonds is 6. The van der Waals surface area contributed by atoms with Crippen molar-refractivity contribution in [1.29, 1.82) is 0 Å². The van der Waals surface area contributed by atoms with E-state index in [1.807, 2.05) is 36.4 Å². The van der Waals surface area contributed by atoms with Gasteiger partial charge in [0.15, 0.2) is 0 Å². The molecule has 4 atom stereocenters. The molecule has 0 radical (unpaired) electrons. The Balaban J connectivity index is 1.41. The molecular formula is C24H24N2O6. The minimum absolute atomic E-state index is 0.121. The van der Waals surface area contributed by atoms with E-state index in [1.165, 1.54) is 7.11 Å². The molecule has 8 nitrogen and oxygen atoms in total. The number of hydrogen-bond donors (Lipinski definition) is 1. The number of hydrogen-bond acceptors (Lipinski definition) is 6. The van der Waals surface area contributed by atoms with Gasteiger partial charge in [0.2, 0.25) is 11.8 Å². The van der Waals surface area contributed by atoms with Crippen LogP contribution in [-0.2, 0) is 14.3 Å². The van der Waals surface area contributed by atoms with Crippen LogP contribution in [-0.4, -0.2) is 51.4 Å². The third-order valence-corrected chi connectivity index (χ3v) is 6.45. The van der Waals surface area contributed by atoms with Crippen molar-refractivity contribution in [2.75, 3.05) is 38.1 Å². The monoisotopic (exact) mass is 436 g/mol. The van der Waals surface area contributed by atoms with E-state index in [-0.39, 0.29) is 11.8 Å². The smallest absolute Gasteiger partial charge is 0.234 e. The summed E-state index contributed by atoms with van der Waals surface area (Å²) >= 11 is 0. The Hall–Kier alpha value is -3.52. The van der Waals surface area contributed by atoms with Crippen LogP contribution in [0.25, 0.3) is 0 Å². The van der Waals surface area contributed by atoms with E-state index < -0.39 is 23.5 Å². The Labute approximate surface area is 185 Å². The minimum Gasteiger partial charge on any atom is -0.497 e. The number of nitrogens with zero attached hydrogens (tertiary/aromatic N) is 1. The average Bonchev–Trinajstić information content (AvgIpc) is 3.47. The van der Waals surface area contributed by atoms with Gasteiger partial charge in [0.05, 0.1) is 51.5 Å². The van der Waals surface area contributed by atoms with Gasteiger partial charge in [0, 0.05) is 11.8 Å². The lowest BCUT2D eigenvalue weighted by Crippen LogP contribution is -2.41. The number of fused-ring (bicyclic) bond motifs is 1. The highest BCUT2D eigenvalue weighted by Gasteiger charge is 2.67. The van der Waals surface area contributed by atoms with Gasteiger partial charge >= 0.3 is 0 Å². The van der Waals surface area contributed by atoms with Gasteiger partial charge in [-0.05, 0) is 36.4 Å². The summed E-state index contributed by atoms with van der Waals surface area (Å²) in [6, 6.07) is 12.4. The number of anilines is 2. The van der Waals surface area contributed by atoms with E-state index in [4.69, 9.17) is 18.9 Å². The van der Waals surface area contributed by atoms with Gasteiger partial charge in [-0.25, -0.2) is 0 Å². The maximum atomic E-state index is 13.5. The van der Waals surface area contributed by atoms with Crippen molar-refractivity contribution in [3.63, 3.8) is 0 Å². The first-order chi connectivity index (χ1) is 15.5. The number of carbonyl (C=O) groups excluding carboxylic acids is 2. The summed E-state index contributed by atoms with van der Waals surface area (Å²) in [5.74, 6) is 0.173. The number of carbonyl (C=O) groups is 2. The fourth-order valence-electron chi connectivity index (χ4n) is 4.90. The number of methoxy groups -OCH3 is 3. The first-order valence-electron chi connectivity index (χ1n) is 10.3. The molecule has 2 fully saturated rings. The van der Waals surface area contributed by atoms with E-state index in [2.05, 4.69) is 5.32 Å². The molecule has 0 aliphatic carbocycles. The summed E-state index contributed by atoms with van der Waals surface area (Å²) in [4.78, 5) is 28.5. The van der Waals surface area contributed by atoms with Crippen molar-refractivity contribution in [2.24, 2.45) is 11.8 Å². The maximum Gasteiger partial charge on any atom is 0.234 e. The number of amides is 2.